The predicted octanol–water partition coefficient (Wildman–Crippen LogP) is 3.10. The first kappa shape index (κ1) is 14.2. The minimum absolute atomic E-state index is 0.0454. The number of carbonyl (C=O) groups is 1. The Labute approximate surface area is 118 Å². The Morgan fingerprint density at radius 2 is 2.11 bits per heavy atom. The van der Waals surface area contributed by atoms with Gasteiger partial charge < -0.3 is 4.74 Å². The molecule has 1 fully saturated rings. The number of anilines is 1. The van der Waals surface area contributed by atoms with Crippen LogP contribution in [0.4, 0.5) is 5.69 Å². The maximum Gasteiger partial charge on any atom is 0.238 e. The molecule has 1 heterocycles. The fourth-order valence-electron chi connectivity index (χ4n) is 2.37. The van der Waals surface area contributed by atoms with Crippen molar-refractivity contribution in [3.05, 3.63) is 23.2 Å². The van der Waals surface area contributed by atoms with Crippen LogP contribution < -0.4 is 9.75 Å². The first-order valence-corrected chi connectivity index (χ1v) is 6.99. The van der Waals surface area contributed by atoms with Crippen molar-refractivity contribution in [1.82, 2.24) is 5.01 Å². The predicted molar refractivity (Wildman–Crippen MR) is 76.6 cm³/mol. The summed E-state index contributed by atoms with van der Waals surface area (Å²) in [6.07, 6.45) is 2.19. The van der Waals surface area contributed by atoms with E-state index in [0.29, 0.717) is 23.1 Å². The van der Waals surface area contributed by atoms with Crippen molar-refractivity contribution in [1.29, 1.82) is 0 Å². The van der Waals surface area contributed by atoms with Crippen molar-refractivity contribution >= 4 is 23.2 Å². The summed E-state index contributed by atoms with van der Waals surface area (Å²) in [4.78, 5) is 12.0. The van der Waals surface area contributed by atoms with Gasteiger partial charge in [0.2, 0.25) is 5.91 Å². The summed E-state index contributed by atoms with van der Waals surface area (Å²) in [5.41, 5.74) is 0.653. The Kier molecular flexibility index (Phi) is 4.66. The minimum Gasteiger partial charge on any atom is -0.492 e. The lowest BCUT2D eigenvalue weighted by Gasteiger charge is -2.32. The van der Waals surface area contributed by atoms with E-state index in [1.165, 1.54) is 0 Å². The molecule has 0 bridgehead atoms. The lowest BCUT2D eigenvalue weighted by molar-refractivity contribution is -0.119. The van der Waals surface area contributed by atoms with Crippen molar-refractivity contribution in [3.63, 3.8) is 0 Å². The molecular formula is C14H19ClN2O2. The maximum atomic E-state index is 12.0. The van der Waals surface area contributed by atoms with Crippen LogP contribution in [0.5, 0.6) is 5.75 Å². The summed E-state index contributed by atoms with van der Waals surface area (Å²) >= 11 is 6.28. The standard InChI is InChI=1S/C14H19ClN2O2/c1-3-19-13-8-6-7-12(15)14(13)17(11(2)18)16-9-4-5-10-16/h6-8H,3-5,9-10H2,1-2H3. The van der Waals surface area contributed by atoms with Crippen LogP contribution in [0.25, 0.3) is 0 Å². The highest BCUT2D eigenvalue weighted by Gasteiger charge is 2.27. The summed E-state index contributed by atoms with van der Waals surface area (Å²) in [5, 5.41) is 4.22. The van der Waals surface area contributed by atoms with Crippen molar-refractivity contribution in [2.45, 2.75) is 26.7 Å². The SMILES string of the molecule is CCOc1cccc(Cl)c1N(C(C)=O)N1CCCC1. The zero-order chi connectivity index (χ0) is 13.8. The summed E-state index contributed by atoms with van der Waals surface area (Å²) in [5.74, 6) is 0.605. The number of nitrogens with zero attached hydrogens (tertiary/aromatic N) is 2. The van der Waals surface area contributed by atoms with Crippen LogP contribution in [0.3, 0.4) is 0 Å². The third kappa shape index (κ3) is 3.01. The van der Waals surface area contributed by atoms with Crippen LogP contribution in [0, 0.1) is 0 Å². The zero-order valence-corrected chi connectivity index (χ0v) is 12.1. The Morgan fingerprint density at radius 3 is 2.68 bits per heavy atom. The zero-order valence-electron chi connectivity index (χ0n) is 11.4. The second-order valence-electron chi connectivity index (χ2n) is 4.51. The van der Waals surface area contributed by atoms with Gasteiger partial charge in [-0.2, -0.15) is 0 Å². The van der Waals surface area contributed by atoms with E-state index in [1.54, 1.807) is 18.0 Å². The number of hydrogen-bond donors (Lipinski definition) is 0. The average Bonchev–Trinajstić information content (AvgIpc) is 2.86. The molecule has 2 rings (SSSR count). The van der Waals surface area contributed by atoms with E-state index in [2.05, 4.69) is 0 Å². The highest BCUT2D eigenvalue weighted by molar-refractivity contribution is 6.34. The van der Waals surface area contributed by atoms with Gasteiger partial charge in [0.25, 0.3) is 0 Å². The van der Waals surface area contributed by atoms with E-state index >= 15 is 0 Å². The van der Waals surface area contributed by atoms with Crippen molar-refractivity contribution in [2.75, 3.05) is 24.7 Å². The lowest BCUT2D eigenvalue weighted by atomic mass is 10.2. The lowest BCUT2D eigenvalue weighted by Crippen LogP contribution is -2.44. The van der Waals surface area contributed by atoms with Crippen LogP contribution in [-0.2, 0) is 4.79 Å². The number of hydrogen-bond acceptors (Lipinski definition) is 3. The van der Waals surface area contributed by atoms with Crippen molar-refractivity contribution < 1.29 is 9.53 Å². The first-order valence-electron chi connectivity index (χ1n) is 6.62. The van der Waals surface area contributed by atoms with Gasteiger partial charge in [-0.1, -0.05) is 17.7 Å². The van der Waals surface area contributed by atoms with Gasteiger partial charge in [-0.05, 0) is 31.9 Å². The Balaban J connectivity index is 2.42. The molecule has 1 aromatic carbocycles. The molecular weight excluding hydrogens is 264 g/mol. The monoisotopic (exact) mass is 282 g/mol. The number of amides is 1. The molecule has 0 aliphatic carbocycles. The van der Waals surface area contributed by atoms with E-state index in [4.69, 9.17) is 16.3 Å². The molecule has 0 aromatic heterocycles. The summed E-state index contributed by atoms with van der Waals surface area (Å²) < 4.78 is 5.60. The number of ether oxygens (including phenoxy) is 1. The third-order valence-electron chi connectivity index (χ3n) is 3.12. The molecule has 0 saturated carbocycles. The molecule has 0 unspecified atom stereocenters. The maximum absolute atomic E-state index is 12.0. The van der Waals surface area contributed by atoms with E-state index in [1.807, 2.05) is 24.1 Å². The Hall–Kier alpha value is -1.26. The van der Waals surface area contributed by atoms with Crippen molar-refractivity contribution in [2.24, 2.45) is 0 Å². The summed E-state index contributed by atoms with van der Waals surface area (Å²) in [6.45, 7) is 5.75. The second kappa shape index (κ2) is 6.26. The largest absolute Gasteiger partial charge is 0.492 e. The highest BCUT2D eigenvalue weighted by Crippen LogP contribution is 2.37. The molecule has 1 aliphatic heterocycles. The molecule has 0 spiro atoms. The minimum atomic E-state index is -0.0454. The van der Waals surface area contributed by atoms with Gasteiger partial charge in [0, 0.05) is 20.0 Å². The van der Waals surface area contributed by atoms with E-state index in [0.717, 1.165) is 25.9 Å². The fraction of sp³-hybridized carbons (Fsp3) is 0.500. The molecule has 0 N–H and O–H groups in total. The number of hydrazine groups is 1. The number of halogens is 1. The van der Waals surface area contributed by atoms with Crippen molar-refractivity contribution in [3.8, 4) is 5.75 Å². The molecule has 104 valence electrons. The first-order chi connectivity index (χ1) is 9.15. The number of rotatable bonds is 4. The van der Waals surface area contributed by atoms with Crippen LogP contribution in [0.2, 0.25) is 5.02 Å². The molecule has 4 nitrogen and oxygen atoms in total. The van der Waals surface area contributed by atoms with Gasteiger partial charge >= 0.3 is 0 Å². The van der Waals surface area contributed by atoms with Crippen LogP contribution in [-0.4, -0.2) is 30.6 Å². The smallest absolute Gasteiger partial charge is 0.238 e. The van der Waals surface area contributed by atoms with Gasteiger partial charge in [0.1, 0.15) is 11.4 Å². The molecule has 0 atom stereocenters. The number of para-hydroxylation sites is 1. The average molecular weight is 283 g/mol. The van der Waals surface area contributed by atoms with Crippen LogP contribution in [0.15, 0.2) is 18.2 Å². The normalized spacial score (nSPS) is 15.5. The summed E-state index contributed by atoms with van der Waals surface area (Å²) in [6, 6.07) is 5.46. The quantitative estimate of drug-likeness (QED) is 0.851. The molecule has 1 amide bonds. The molecule has 5 heteroatoms. The molecule has 1 aromatic rings. The number of benzene rings is 1. The van der Waals surface area contributed by atoms with Gasteiger partial charge in [0.15, 0.2) is 0 Å². The Bertz CT molecular complexity index is 459. The Morgan fingerprint density at radius 1 is 1.42 bits per heavy atom. The highest BCUT2D eigenvalue weighted by atomic mass is 35.5. The van der Waals surface area contributed by atoms with Crippen LogP contribution >= 0.6 is 11.6 Å². The van der Waals surface area contributed by atoms with E-state index in [9.17, 15) is 4.79 Å². The molecule has 0 radical (unpaired) electrons. The third-order valence-corrected chi connectivity index (χ3v) is 3.43. The fourth-order valence-corrected chi connectivity index (χ4v) is 2.62. The molecule has 1 saturated heterocycles. The van der Waals surface area contributed by atoms with E-state index < -0.39 is 0 Å². The number of carbonyl (C=O) groups excluding carboxylic acids is 1. The van der Waals surface area contributed by atoms with Crippen LogP contribution in [0.1, 0.15) is 26.7 Å². The van der Waals surface area contributed by atoms with Gasteiger partial charge in [-0.3, -0.25) is 4.79 Å². The second-order valence-corrected chi connectivity index (χ2v) is 4.92. The van der Waals surface area contributed by atoms with Gasteiger partial charge in [0.05, 0.1) is 11.6 Å². The summed E-state index contributed by atoms with van der Waals surface area (Å²) in [7, 11) is 0. The molecule has 19 heavy (non-hydrogen) atoms. The van der Waals surface area contributed by atoms with Gasteiger partial charge in [-0.25, -0.2) is 10.0 Å². The van der Waals surface area contributed by atoms with E-state index in [-0.39, 0.29) is 5.91 Å². The van der Waals surface area contributed by atoms with Gasteiger partial charge in [-0.15, -0.1) is 0 Å². The molecule has 1 aliphatic rings. The topological polar surface area (TPSA) is 32.8 Å².